The predicted molar refractivity (Wildman–Crippen MR) is 113 cm³/mol. The molecule has 0 aliphatic carbocycles. The number of nitrogens with one attached hydrogen (secondary N) is 2. The number of rotatable bonds is 8. The Balaban J connectivity index is 1.76. The third-order valence-corrected chi connectivity index (χ3v) is 4.18. The Hall–Kier alpha value is -3.15. The molecule has 0 unspecified atom stereocenters. The van der Waals surface area contributed by atoms with Gasteiger partial charge in [0, 0.05) is 19.2 Å². The minimum absolute atomic E-state index is 0.177. The highest BCUT2D eigenvalue weighted by molar-refractivity contribution is 5.86. The molecule has 1 aromatic heterocycles. The van der Waals surface area contributed by atoms with Crippen LogP contribution in [0.2, 0.25) is 0 Å². The van der Waals surface area contributed by atoms with E-state index in [9.17, 15) is 4.79 Å². The van der Waals surface area contributed by atoms with E-state index < -0.39 is 0 Å². The number of hydrogen-bond donors (Lipinski definition) is 2. The van der Waals surface area contributed by atoms with E-state index in [4.69, 9.17) is 0 Å². The maximum atomic E-state index is 12.0. The van der Waals surface area contributed by atoms with Crippen LogP contribution < -0.4 is 15.9 Å². The topological polar surface area (TPSA) is 73.4 Å². The number of anilines is 2. The Morgan fingerprint density at radius 2 is 1.81 bits per heavy atom. The summed E-state index contributed by atoms with van der Waals surface area (Å²) in [4.78, 5) is 21.4. The summed E-state index contributed by atoms with van der Waals surface area (Å²) in [5, 5.41) is 6.57. The average Bonchev–Trinajstić information content (AvgIpc) is 2.67. The molecule has 2 N–H and O–H groups in total. The molecule has 0 saturated carbocycles. The van der Waals surface area contributed by atoms with Crippen LogP contribution in [0.25, 0.3) is 10.8 Å². The molecule has 0 aliphatic heterocycles. The molecule has 2 aromatic carbocycles. The first kappa shape index (κ1) is 18.6. The van der Waals surface area contributed by atoms with E-state index in [1.165, 1.54) is 11.5 Å². The molecule has 1 heterocycles. The fourth-order valence-electron chi connectivity index (χ4n) is 2.97. The molecule has 6 nitrogen and oxygen atoms in total. The lowest BCUT2D eigenvalue weighted by Gasteiger charge is -2.21. The van der Waals surface area contributed by atoms with Gasteiger partial charge in [0.25, 0.3) is 5.56 Å². The molecule has 0 radical (unpaired) electrons. The molecule has 27 heavy (non-hydrogen) atoms. The summed E-state index contributed by atoms with van der Waals surface area (Å²) >= 11 is 0. The normalized spacial score (nSPS) is 11.2. The van der Waals surface area contributed by atoms with Gasteiger partial charge in [-0.1, -0.05) is 44.2 Å². The zero-order valence-electron chi connectivity index (χ0n) is 15.8. The van der Waals surface area contributed by atoms with Gasteiger partial charge in [-0.3, -0.25) is 15.2 Å². The number of H-pyrrole nitrogens is 1. The number of benzene rings is 2. The highest BCUT2D eigenvalue weighted by Gasteiger charge is 2.08. The summed E-state index contributed by atoms with van der Waals surface area (Å²) in [7, 11) is 0. The summed E-state index contributed by atoms with van der Waals surface area (Å²) in [6, 6.07) is 15.7. The standard InChI is InChI=1S/C21H25N5O/c1-3-11-26(12-4-2)21-23-19(14-20(27)24-21)15-22-25-18-10-9-16-7-5-6-8-17(16)13-18/h5-10,13-15,25H,3-4,11-12H2,1-2H3,(H,23,24,27)/b22-15+. The van der Waals surface area contributed by atoms with Crippen molar-refractivity contribution in [2.45, 2.75) is 26.7 Å². The molecule has 6 heteroatoms. The van der Waals surface area contributed by atoms with Crippen molar-refractivity contribution in [3.8, 4) is 0 Å². The van der Waals surface area contributed by atoms with Crippen LogP contribution in [-0.2, 0) is 0 Å². The molecule has 0 bridgehead atoms. The maximum absolute atomic E-state index is 12.0. The SMILES string of the molecule is CCCN(CCC)c1nc(/C=N/Nc2ccc3ccccc3c2)cc(=O)[nH]1. The second-order valence-electron chi connectivity index (χ2n) is 6.41. The van der Waals surface area contributed by atoms with Crippen molar-refractivity contribution in [2.75, 3.05) is 23.4 Å². The molecule has 0 fully saturated rings. The number of hydrazone groups is 1. The average molecular weight is 363 g/mol. The summed E-state index contributed by atoms with van der Waals surface area (Å²) in [6.45, 7) is 5.93. The van der Waals surface area contributed by atoms with Gasteiger partial charge in [-0.15, -0.1) is 0 Å². The number of hydrogen-bond acceptors (Lipinski definition) is 5. The van der Waals surface area contributed by atoms with Gasteiger partial charge >= 0.3 is 0 Å². The van der Waals surface area contributed by atoms with Crippen molar-refractivity contribution < 1.29 is 0 Å². The molecule has 140 valence electrons. The first-order valence-electron chi connectivity index (χ1n) is 9.33. The third-order valence-electron chi connectivity index (χ3n) is 4.18. The highest BCUT2D eigenvalue weighted by atomic mass is 16.1. The van der Waals surface area contributed by atoms with Crippen LogP contribution >= 0.6 is 0 Å². The van der Waals surface area contributed by atoms with Gasteiger partial charge in [0.15, 0.2) is 0 Å². The van der Waals surface area contributed by atoms with Crippen molar-refractivity contribution in [3.05, 3.63) is 64.6 Å². The molecular formula is C21H25N5O. The Labute approximate surface area is 159 Å². The third kappa shape index (κ3) is 4.94. The molecular weight excluding hydrogens is 338 g/mol. The minimum atomic E-state index is -0.177. The van der Waals surface area contributed by atoms with Crippen LogP contribution in [0.5, 0.6) is 0 Å². The predicted octanol–water partition coefficient (Wildman–Crippen LogP) is 4.00. The first-order valence-corrected chi connectivity index (χ1v) is 9.33. The van der Waals surface area contributed by atoms with Gasteiger partial charge in [0.1, 0.15) is 0 Å². The van der Waals surface area contributed by atoms with Crippen LogP contribution in [0.3, 0.4) is 0 Å². The van der Waals surface area contributed by atoms with Gasteiger partial charge in [0.2, 0.25) is 5.95 Å². The lowest BCUT2D eigenvalue weighted by molar-refractivity contribution is 0.718. The molecule has 0 spiro atoms. The van der Waals surface area contributed by atoms with E-state index in [0.29, 0.717) is 11.6 Å². The van der Waals surface area contributed by atoms with Crippen LogP contribution in [0.1, 0.15) is 32.4 Å². The second kappa shape index (κ2) is 8.98. The Kier molecular flexibility index (Phi) is 6.20. The van der Waals surface area contributed by atoms with Crippen molar-refractivity contribution in [1.82, 2.24) is 9.97 Å². The lowest BCUT2D eigenvalue weighted by Crippen LogP contribution is -2.29. The van der Waals surface area contributed by atoms with Gasteiger partial charge < -0.3 is 4.90 Å². The van der Waals surface area contributed by atoms with Gasteiger partial charge in [-0.25, -0.2) is 4.98 Å². The summed E-state index contributed by atoms with van der Waals surface area (Å²) in [5.74, 6) is 0.596. The fourth-order valence-corrected chi connectivity index (χ4v) is 2.97. The number of aromatic nitrogens is 2. The van der Waals surface area contributed by atoms with Crippen molar-refractivity contribution in [3.63, 3.8) is 0 Å². The summed E-state index contributed by atoms with van der Waals surface area (Å²) < 4.78 is 0. The van der Waals surface area contributed by atoms with Crippen LogP contribution in [0, 0.1) is 0 Å². The maximum Gasteiger partial charge on any atom is 0.252 e. The van der Waals surface area contributed by atoms with Crippen LogP contribution in [-0.4, -0.2) is 29.3 Å². The molecule has 0 aliphatic rings. The van der Waals surface area contributed by atoms with E-state index in [2.05, 4.69) is 51.4 Å². The van der Waals surface area contributed by atoms with Crippen molar-refractivity contribution in [1.29, 1.82) is 0 Å². The van der Waals surface area contributed by atoms with Crippen molar-refractivity contribution >= 4 is 28.6 Å². The highest BCUT2D eigenvalue weighted by Crippen LogP contribution is 2.18. The minimum Gasteiger partial charge on any atom is -0.342 e. The molecule has 3 aromatic rings. The van der Waals surface area contributed by atoms with E-state index in [-0.39, 0.29) is 5.56 Å². The fraction of sp³-hybridized carbons (Fsp3) is 0.286. The lowest BCUT2D eigenvalue weighted by atomic mass is 10.1. The zero-order chi connectivity index (χ0) is 19.1. The van der Waals surface area contributed by atoms with E-state index >= 15 is 0 Å². The van der Waals surface area contributed by atoms with Crippen molar-refractivity contribution in [2.24, 2.45) is 5.10 Å². The molecule has 0 atom stereocenters. The van der Waals surface area contributed by atoms with Gasteiger partial charge in [0.05, 0.1) is 17.6 Å². The zero-order valence-corrected chi connectivity index (χ0v) is 15.8. The van der Waals surface area contributed by atoms with Crippen LogP contribution in [0.15, 0.2) is 58.4 Å². The van der Waals surface area contributed by atoms with E-state index in [1.807, 2.05) is 30.3 Å². The largest absolute Gasteiger partial charge is 0.342 e. The van der Waals surface area contributed by atoms with Crippen LogP contribution in [0.4, 0.5) is 11.6 Å². The smallest absolute Gasteiger partial charge is 0.252 e. The second-order valence-corrected chi connectivity index (χ2v) is 6.41. The quantitative estimate of drug-likeness (QED) is 0.469. The van der Waals surface area contributed by atoms with Gasteiger partial charge in [-0.2, -0.15) is 5.10 Å². The number of nitrogens with zero attached hydrogens (tertiary/aromatic N) is 3. The molecule has 0 amide bonds. The molecule has 0 saturated heterocycles. The Bertz CT molecular complexity index is 973. The van der Waals surface area contributed by atoms with E-state index in [0.717, 1.165) is 37.0 Å². The Morgan fingerprint density at radius 1 is 1.07 bits per heavy atom. The molecule has 3 rings (SSSR count). The monoisotopic (exact) mass is 363 g/mol. The van der Waals surface area contributed by atoms with Gasteiger partial charge in [-0.05, 0) is 35.7 Å². The van der Waals surface area contributed by atoms with E-state index in [1.54, 1.807) is 6.21 Å². The summed E-state index contributed by atoms with van der Waals surface area (Å²) in [5.41, 5.74) is 4.24. The number of fused-ring (bicyclic) bond motifs is 1. The number of aromatic amines is 1. The Morgan fingerprint density at radius 3 is 2.56 bits per heavy atom. The summed E-state index contributed by atoms with van der Waals surface area (Å²) in [6.07, 6.45) is 3.56. The first-order chi connectivity index (χ1) is 13.2.